The fourth-order valence-electron chi connectivity index (χ4n) is 1.19. The zero-order chi connectivity index (χ0) is 9.10. The molecule has 2 aromatic rings. The molecule has 0 aliphatic rings. The van der Waals surface area contributed by atoms with Gasteiger partial charge in [-0.2, -0.15) is 5.10 Å². The lowest BCUT2D eigenvalue weighted by molar-refractivity contribution is 0.460. The van der Waals surface area contributed by atoms with Crippen molar-refractivity contribution in [2.45, 2.75) is 19.9 Å². The molecule has 0 N–H and O–H groups in total. The molecule has 0 unspecified atom stereocenters. The van der Waals surface area contributed by atoms with Crippen LogP contribution in [-0.4, -0.2) is 14.8 Å². The van der Waals surface area contributed by atoms with Crippen molar-refractivity contribution in [2.24, 2.45) is 0 Å². The molecule has 4 nitrogen and oxygen atoms in total. The molecule has 0 atom stereocenters. The average molecular weight is 177 g/mol. The second-order valence-corrected chi connectivity index (χ2v) is 2.92. The maximum absolute atomic E-state index is 5.42. The first-order valence-electron chi connectivity index (χ1n) is 4.22. The Hall–Kier alpha value is -1.58. The Morgan fingerprint density at radius 3 is 3.00 bits per heavy atom. The lowest BCUT2D eigenvalue weighted by Crippen LogP contribution is -2.00. The summed E-state index contributed by atoms with van der Waals surface area (Å²) in [7, 11) is 0. The van der Waals surface area contributed by atoms with Gasteiger partial charge in [-0.05, 0) is 19.1 Å². The van der Waals surface area contributed by atoms with Gasteiger partial charge in [-0.1, -0.05) is 0 Å². The minimum absolute atomic E-state index is 0.812. The van der Waals surface area contributed by atoms with E-state index in [9.17, 15) is 0 Å². The first-order chi connectivity index (χ1) is 6.34. The number of hydrogen-bond donors (Lipinski definition) is 0. The molecule has 0 spiro atoms. The van der Waals surface area contributed by atoms with Gasteiger partial charge in [0.05, 0.1) is 0 Å². The van der Waals surface area contributed by atoms with Gasteiger partial charge in [0, 0.05) is 13.0 Å². The van der Waals surface area contributed by atoms with Crippen molar-refractivity contribution < 1.29 is 4.42 Å². The highest BCUT2D eigenvalue weighted by Gasteiger charge is 1.98. The maximum Gasteiger partial charge on any atom is 0.137 e. The van der Waals surface area contributed by atoms with Crippen LogP contribution in [0.5, 0.6) is 0 Å². The van der Waals surface area contributed by atoms with E-state index in [0.717, 1.165) is 24.5 Å². The summed E-state index contributed by atoms with van der Waals surface area (Å²) in [4.78, 5) is 3.86. The standard InChI is InChI=1S/C9H11N3O/c1-8-2-3-9(13-8)4-5-12-7-10-6-11-12/h2-3,6-7H,4-5H2,1H3. The lowest BCUT2D eigenvalue weighted by Gasteiger charge is -1.96. The number of furan rings is 1. The molecule has 2 heterocycles. The van der Waals surface area contributed by atoms with E-state index < -0.39 is 0 Å². The first kappa shape index (κ1) is 8.04. The number of aromatic nitrogens is 3. The van der Waals surface area contributed by atoms with Crippen LogP contribution >= 0.6 is 0 Å². The van der Waals surface area contributed by atoms with Crippen molar-refractivity contribution in [1.29, 1.82) is 0 Å². The van der Waals surface area contributed by atoms with Crippen LogP contribution < -0.4 is 0 Å². The lowest BCUT2D eigenvalue weighted by atomic mass is 10.3. The Morgan fingerprint density at radius 1 is 1.46 bits per heavy atom. The van der Waals surface area contributed by atoms with Gasteiger partial charge in [0.15, 0.2) is 0 Å². The molecule has 4 heteroatoms. The summed E-state index contributed by atoms with van der Waals surface area (Å²) in [6.45, 7) is 2.76. The Kier molecular flexibility index (Phi) is 2.12. The summed E-state index contributed by atoms with van der Waals surface area (Å²) in [5.74, 6) is 1.95. The Balaban J connectivity index is 1.93. The molecule has 0 amide bonds. The van der Waals surface area contributed by atoms with Gasteiger partial charge >= 0.3 is 0 Å². The van der Waals surface area contributed by atoms with Crippen molar-refractivity contribution in [1.82, 2.24) is 14.8 Å². The zero-order valence-electron chi connectivity index (χ0n) is 7.47. The Labute approximate surface area is 76.2 Å². The Morgan fingerprint density at radius 2 is 2.38 bits per heavy atom. The van der Waals surface area contributed by atoms with Crippen LogP contribution in [0.25, 0.3) is 0 Å². The Bertz CT molecular complexity index is 364. The second kappa shape index (κ2) is 3.43. The number of rotatable bonds is 3. The largest absolute Gasteiger partial charge is 0.466 e. The molecule has 2 aromatic heterocycles. The molecule has 68 valence electrons. The van der Waals surface area contributed by atoms with E-state index in [1.807, 2.05) is 19.1 Å². The van der Waals surface area contributed by atoms with Gasteiger partial charge in [0.1, 0.15) is 24.2 Å². The number of nitrogens with zero attached hydrogens (tertiary/aromatic N) is 3. The fraction of sp³-hybridized carbons (Fsp3) is 0.333. The van der Waals surface area contributed by atoms with Crippen LogP contribution in [-0.2, 0) is 13.0 Å². The van der Waals surface area contributed by atoms with Crippen LogP contribution in [0.2, 0.25) is 0 Å². The zero-order valence-corrected chi connectivity index (χ0v) is 7.47. The molecule has 13 heavy (non-hydrogen) atoms. The van der Waals surface area contributed by atoms with Crippen LogP contribution in [0.15, 0.2) is 29.2 Å². The highest BCUT2D eigenvalue weighted by atomic mass is 16.3. The molecule has 0 aromatic carbocycles. The summed E-state index contributed by atoms with van der Waals surface area (Å²) in [5, 5.41) is 4.00. The predicted octanol–water partition coefficient (Wildman–Crippen LogP) is 1.42. The number of aryl methyl sites for hydroxylation is 3. The smallest absolute Gasteiger partial charge is 0.137 e. The van der Waals surface area contributed by atoms with Gasteiger partial charge in [-0.25, -0.2) is 4.98 Å². The molecule has 0 fully saturated rings. The van der Waals surface area contributed by atoms with Gasteiger partial charge in [0.25, 0.3) is 0 Å². The van der Waals surface area contributed by atoms with Gasteiger partial charge in [-0.15, -0.1) is 0 Å². The molecule has 0 aliphatic heterocycles. The van der Waals surface area contributed by atoms with Crippen molar-refractivity contribution >= 4 is 0 Å². The highest BCUT2D eigenvalue weighted by Crippen LogP contribution is 2.07. The quantitative estimate of drug-likeness (QED) is 0.712. The monoisotopic (exact) mass is 177 g/mol. The predicted molar refractivity (Wildman–Crippen MR) is 47.2 cm³/mol. The third kappa shape index (κ3) is 1.96. The van der Waals surface area contributed by atoms with E-state index in [1.54, 1.807) is 11.0 Å². The SMILES string of the molecule is Cc1ccc(CCn2cncn2)o1. The topological polar surface area (TPSA) is 43.9 Å². The summed E-state index contributed by atoms with van der Waals surface area (Å²) in [6.07, 6.45) is 4.10. The molecular formula is C9H11N3O. The molecule has 0 saturated heterocycles. The van der Waals surface area contributed by atoms with E-state index in [2.05, 4.69) is 10.1 Å². The number of hydrogen-bond acceptors (Lipinski definition) is 3. The molecule has 2 rings (SSSR count). The fourth-order valence-corrected chi connectivity index (χ4v) is 1.19. The molecule has 0 radical (unpaired) electrons. The summed E-state index contributed by atoms with van der Waals surface area (Å²) in [6, 6.07) is 3.96. The molecule has 0 saturated carbocycles. The van der Waals surface area contributed by atoms with Crippen LogP contribution in [0, 0.1) is 6.92 Å². The molecule has 0 bridgehead atoms. The van der Waals surface area contributed by atoms with E-state index in [4.69, 9.17) is 4.42 Å². The summed E-state index contributed by atoms with van der Waals surface area (Å²) in [5.41, 5.74) is 0. The molecule has 0 aliphatic carbocycles. The van der Waals surface area contributed by atoms with E-state index in [1.165, 1.54) is 6.33 Å². The van der Waals surface area contributed by atoms with E-state index in [0.29, 0.717) is 0 Å². The first-order valence-corrected chi connectivity index (χ1v) is 4.22. The van der Waals surface area contributed by atoms with Crippen LogP contribution in [0.4, 0.5) is 0 Å². The van der Waals surface area contributed by atoms with Crippen LogP contribution in [0.1, 0.15) is 11.5 Å². The van der Waals surface area contributed by atoms with Crippen molar-refractivity contribution in [3.63, 3.8) is 0 Å². The third-order valence-electron chi connectivity index (χ3n) is 1.85. The second-order valence-electron chi connectivity index (χ2n) is 2.92. The van der Waals surface area contributed by atoms with E-state index in [-0.39, 0.29) is 0 Å². The molecular weight excluding hydrogens is 166 g/mol. The normalized spacial score (nSPS) is 10.5. The van der Waals surface area contributed by atoms with Gasteiger partial charge < -0.3 is 4.42 Å². The van der Waals surface area contributed by atoms with Gasteiger partial charge in [0.2, 0.25) is 0 Å². The minimum Gasteiger partial charge on any atom is -0.466 e. The summed E-state index contributed by atoms with van der Waals surface area (Å²) >= 11 is 0. The van der Waals surface area contributed by atoms with Crippen molar-refractivity contribution in [3.8, 4) is 0 Å². The average Bonchev–Trinajstić information content (AvgIpc) is 2.71. The maximum atomic E-state index is 5.42. The minimum atomic E-state index is 0.812. The van der Waals surface area contributed by atoms with Crippen LogP contribution in [0.3, 0.4) is 0 Å². The van der Waals surface area contributed by atoms with E-state index >= 15 is 0 Å². The van der Waals surface area contributed by atoms with Crippen molar-refractivity contribution in [3.05, 3.63) is 36.3 Å². The third-order valence-corrected chi connectivity index (χ3v) is 1.85. The highest BCUT2D eigenvalue weighted by molar-refractivity contribution is 5.05. The van der Waals surface area contributed by atoms with Crippen molar-refractivity contribution in [2.75, 3.05) is 0 Å². The van der Waals surface area contributed by atoms with Gasteiger partial charge in [-0.3, -0.25) is 4.68 Å². The summed E-state index contributed by atoms with van der Waals surface area (Å²) < 4.78 is 7.21.